The highest BCUT2D eigenvalue weighted by Crippen LogP contribution is 2.29. The molecule has 2 aromatic rings. The quantitative estimate of drug-likeness (QED) is 0.381. The molecular formula is C20H20Cl2N4O5. The molecular weight excluding hydrogens is 447 g/mol. The maximum Gasteiger partial charge on any atom is 0.341 e. The zero-order valence-electron chi connectivity index (χ0n) is 16.7. The summed E-state index contributed by atoms with van der Waals surface area (Å²) in [4.78, 5) is 41.6. The van der Waals surface area contributed by atoms with Crippen LogP contribution in [0, 0.1) is 17.0 Å². The third-order valence-corrected chi connectivity index (χ3v) is 5.48. The van der Waals surface area contributed by atoms with E-state index in [1.807, 2.05) is 4.90 Å². The Labute approximate surface area is 188 Å². The average Bonchev–Trinajstić information content (AvgIpc) is 2.76. The van der Waals surface area contributed by atoms with Gasteiger partial charge in [0.2, 0.25) is 0 Å². The van der Waals surface area contributed by atoms with Gasteiger partial charge in [-0.15, -0.1) is 0 Å². The Morgan fingerprint density at radius 3 is 2.58 bits per heavy atom. The van der Waals surface area contributed by atoms with Gasteiger partial charge in [-0.25, -0.2) is 9.78 Å². The molecule has 164 valence electrons. The minimum absolute atomic E-state index is 0.0439. The number of rotatable bonds is 6. The summed E-state index contributed by atoms with van der Waals surface area (Å²) < 4.78 is 5.12. The number of anilines is 2. The van der Waals surface area contributed by atoms with Gasteiger partial charge in [-0.05, 0) is 38.3 Å². The summed E-state index contributed by atoms with van der Waals surface area (Å²) in [5.74, 6) is -1.39. The molecule has 0 atom stereocenters. The number of amides is 1. The highest BCUT2D eigenvalue weighted by molar-refractivity contribution is 6.36. The van der Waals surface area contributed by atoms with Gasteiger partial charge in [0.25, 0.3) is 11.6 Å². The molecule has 1 aromatic carbocycles. The molecule has 1 aliphatic rings. The number of carbonyl (C=O) groups excluding carboxylic acids is 2. The molecule has 0 spiro atoms. The number of ether oxygens (including phenoxy) is 1. The molecule has 1 aromatic heterocycles. The first kappa shape index (κ1) is 22.8. The van der Waals surface area contributed by atoms with Crippen LogP contribution in [-0.2, 0) is 9.53 Å². The number of halogens is 2. The maximum absolute atomic E-state index is 12.7. The molecule has 0 radical (unpaired) electrons. The van der Waals surface area contributed by atoms with Gasteiger partial charge < -0.3 is 15.0 Å². The zero-order chi connectivity index (χ0) is 22.5. The molecule has 1 amide bonds. The summed E-state index contributed by atoms with van der Waals surface area (Å²) in [5, 5.41) is 14.1. The third kappa shape index (κ3) is 5.62. The van der Waals surface area contributed by atoms with E-state index in [1.165, 1.54) is 18.2 Å². The van der Waals surface area contributed by atoms with Crippen molar-refractivity contribution in [1.82, 2.24) is 4.98 Å². The number of nitrogens with one attached hydrogen (secondary N) is 1. The van der Waals surface area contributed by atoms with E-state index in [4.69, 9.17) is 27.9 Å². The molecule has 0 unspecified atom stereocenters. The second kappa shape index (κ2) is 9.93. The van der Waals surface area contributed by atoms with Crippen molar-refractivity contribution in [2.24, 2.45) is 0 Å². The van der Waals surface area contributed by atoms with Crippen molar-refractivity contribution < 1.29 is 19.2 Å². The summed E-state index contributed by atoms with van der Waals surface area (Å²) in [6.07, 6.45) is 3.01. The molecule has 9 nitrogen and oxygen atoms in total. The van der Waals surface area contributed by atoms with Crippen LogP contribution >= 0.6 is 23.2 Å². The maximum atomic E-state index is 12.7. The standard InChI is InChI=1S/C20H20Cl2N4O5/c1-12-15(21)10-16(22)19(23-12)24-18(27)11-31-20(28)14-9-13(26(29)30)5-6-17(14)25-7-3-2-4-8-25/h5-6,9-10H,2-4,7-8,11H2,1H3,(H,23,24,27). The van der Waals surface area contributed by atoms with Crippen molar-refractivity contribution in [1.29, 1.82) is 0 Å². The van der Waals surface area contributed by atoms with Gasteiger partial charge >= 0.3 is 5.97 Å². The molecule has 0 bridgehead atoms. The second-order valence-electron chi connectivity index (χ2n) is 7.02. The average molecular weight is 467 g/mol. The number of non-ortho nitro benzene ring substituents is 1. The molecule has 1 saturated heterocycles. The largest absolute Gasteiger partial charge is 0.452 e. The minimum Gasteiger partial charge on any atom is -0.452 e. The Morgan fingerprint density at radius 2 is 1.90 bits per heavy atom. The van der Waals surface area contributed by atoms with E-state index < -0.39 is 23.4 Å². The fourth-order valence-corrected chi connectivity index (χ4v) is 3.64. The van der Waals surface area contributed by atoms with Crippen LogP contribution in [0.3, 0.4) is 0 Å². The topological polar surface area (TPSA) is 115 Å². The van der Waals surface area contributed by atoms with E-state index in [2.05, 4.69) is 10.3 Å². The van der Waals surface area contributed by atoms with Crippen LogP contribution < -0.4 is 10.2 Å². The number of pyridine rings is 1. The van der Waals surface area contributed by atoms with Gasteiger partial charge in [0.05, 0.1) is 31.9 Å². The van der Waals surface area contributed by atoms with Gasteiger partial charge in [0, 0.05) is 25.2 Å². The van der Waals surface area contributed by atoms with Gasteiger partial charge in [-0.2, -0.15) is 0 Å². The fraction of sp³-hybridized carbons (Fsp3) is 0.350. The lowest BCUT2D eigenvalue weighted by atomic mass is 10.1. The van der Waals surface area contributed by atoms with E-state index >= 15 is 0 Å². The predicted molar refractivity (Wildman–Crippen MR) is 117 cm³/mol. The normalized spacial score (nSPS) is 13.6. The van der Waals surface area contributed by atoms with E-state index in [-0.39, 0.29) is 22.1 Å². The van der Waals surface area contributed by atoms with Crippen molar-refractivity contribution in [2.45, 2.75) is 26.2 Å². The van der Waals surface area contributed by atoms with Crippen LogP contribution in [-0.4, -0.2) is 41.5 Å². The van der Waals surface area contributed by atoms with E-state index in [1.54, 1.807) is 13.0 Å². The summed E-state index contributed by atoms with van der Waals surface area (Å²) in [6.45, 7) is 2.51. The van der Waals surface area contributed by atoms with Crippen LogP contribution in [0.25, 0.3) is 0 Å². The molecule has 0 saturated carbocycles. The van der Waals surface area contributed by atoms with E-state index in [9.17, 15) is 19.7 Å². The number of carbonyl (C=O) groups is 2. The number of nitro groups is 1. The Bertz CT molecular complexity index is 1020. The van der Waals surface area contributed by atoms with Crippen molar-refractivity contribution in [3.63, 3.8) is 0 Å². The number of nitrogens with zero attached hydrogens (tertiary/aromatic N) is 3. The molecule has 1 aliphatic heterocycles. The zero-order valence-corrected chi connectivity index (χ0v) is 18.2. The van der Waals surface area contributed by atoms with Crippen molar-refractivity contribution in [3.8, 4) is 0 Å². The Balaban J connectivity index is 1.73. The van der Waals surface area contributed by atoms with Crippen molar-refractivity contribution in [3.05, 3.63) is 55.7 Å². The van der Waals surface area contributed by atoms with Crippen LogP contribution in [0.2, 0.25) is 10.0 Å². The lowest BCUT2D eigenvalue weighted by Gasteiger charge is -2.30. The van der Waals surface area contributed by atoms with Gasteiger partial charge in [0.15, 0.2) is 12.4 Å². The first-order valence-corrected chi connectivity index (χ1v) is 10.3. The Kier molecular flexibility index (Phi) is 7.29. The smallest absolute Gasteiger partial charge is 0.341 e. The van der Waals surface area contributed by atoms with Crippen LogP contribution in [0.1, 0.15) is 35.3 Å². The number of benzene rings is 1. The van der Waals surface area contributed by atoms with Gasteiger partial charge in [-0.1, -0.05) is 23.2 Å². The summed E-state index contributed by atoms with van der Waals surface area (Å²) >= 11 is 11.9. The number of hydrogen-bond donors (Lipinski definition) is 1. The first-order chi connectivity index (χ1) is 14.8. The lowest BCUT2D eigenvalue weighted by molar-refractivity contribution is -0.384. The molecule has 0 aliphatic carbocycles. The summed E-state index contributed by atoms with van der Waals surface area (Å²) in [7, 11) is 0. The van der Waals surface area contributed by atoms with Crippen molar-refractivity contribution >= 4 is 52.3 Å². The number of hydrogen-bond acceptors (Lipinski definition) is 7. The first-order valence-electron chi connectivity index (χ1n) is 9.59. The second-order valence-corrected chi connectivity index (χ2v) is 7.83. The molecule has 1 fully saturated rings. The third-order valence-electron chi connectivity index (χ3n) is 4.80. The monoisotopic (exact) mass is 466 g/mol. The lowest BCUT2D eigenvalue weighted by Crippen LogP contribution is -2.31. The molecule has 3 rings (SSSR count). The number of nitro benzene ring substituents is 1. The summed E-state index contributed by atoms with van der Waals surface area (Å²) in [6, 6.07) is 5.51. The van der Waals surface area contributed by atoms with E-state index in [0.717, 1.165) is 32.4 Å². The Morgan fingerprint density at radius 1 is 1.19 bits per heavy atom. The molecule has 11 heteroatoms. The SMILES string of the molecule is Cc1nc(NC(=O)COC(=O)c2cc([N+](=O)[O-])ccc2N2CCCCC2)c(Cl)cc1Cl. The number of piperidine rings is 1. The molecule has 1 N–H and O–H groups in total. The highest BCUT2D eigenvalue weighted by Gasteiger charge is 2.23. The van der Waals surface area contributed by atoms with Crippen LogP contribution in [0.15, 0.2) is 24.3 Å². The molecule has 31 heavy (non-hydrogen) atoms. The van der Waals surface area contributed by atoms with Gasteiger partial charge in [0.1, 0.15) is 0 Å². The number of esters is 1. The fourth-order valence-electron chi connectivity index (χ4n) is 3.23. The van der Waals surface area contributed by atoms with Gasteiger partial charge in [-0.3, -0.25) is 14.9 Å². The van der Waals surface area contributed by atoms with Crippen LogP contribution in [0.5, 0.6) is 0 Å². The van der Waals surface area contributed by atoms with E-state index in [0.29, 0.717) is 16.4 Å². The minimum atomic E-state index is -0.828. The predicted octanol–water partition coefficient (Wildman–Crippen LogP) is 4.39. The Hall–Kier alpha value is -2.91. The number of aromatic nitrogens is 1. The summed E-state index contributed by atoms with van der Waals surface area (Å²) in [5.41, 5.74) is 0.835. The number of aryl methyl sites for hydroxylation is 1. The highest BCUT2D eigenvalue weighted by atomic mass is 35.5. The van der Waals surface area contributed by atoms with Crippen LogP contribution in [0.4, 0.5) is 17.2 Å². The van der Waals surface area contributed by atoms with Crippen molar-refractivity contribution in [2.75, 3.05) is 29.9 Å². The molecule has 2 heterocycles.